The van der Waals surface area contributed by atoms with Gasteiger partial charge in [-0.1, -0.05) is 6.92 Å². The smallest absolute Gasteiger partial charge is 0.251 e. The van der Waals surface area contributed by atoms with Crippen LogP contribution in [0.15, 0.2) is 30.6 Å². The highest BCUT2D eigenvalue weighted by molar-refractivity contribution is 5.98. The summed E-state index contributed by atoms with van der Waals surface area (Å²) in [5, 5.41) is 6.21. The van der Waals surface area contributed by atoms with Gasteiger partial charge in [0.2, 0.25) is 5.91 Å². The highest BCUT2D eigenvalue weighted by atomic mass is 16.2. The Morgan fingerprint density at radius 2 is 1.93 bits per heavy atom. The lowest BCUT2D eigenvalue weighted by molar-refractivity contribution is -0.117. The molecule has 2 N–H and O–H groups in total. The maximum Gasteiger partial charge on any atom is 0.251 e. The van der Waals surface area contributed by atoms with Crippen LogP contribution in [0.1, 0.15) is 54.3 Å². The van der Waals surface area contributed by atoms with E-state index in [2.05, 4.69) is 27.5 Å². The van der Waals surface area contributed by atoms with Crippen molar-refractivity contribution in [1.82, 2.24) is 15.3 Å². The zero-order valence-electron chi connectivity index (χ0n) is 17.3. The second-order valence-electron chi connectivity index (χ2n) is 8.09. The summed E-state index contributed by atoms with van der Waals surface area (Å²) >= 11 is 0. The first-order chi connectivity index (χ1) is 13.9. The molecule has 7 heteroatoms. The minimum Gasteiger partial charge on any atom is -0.362 e. The van der Waals surface area contributed by atoms with Crippen LogP contribution in [0.5, 0.6) is 0 Å². The van der Waals surface area contributed by atoms with Gasteiger partial charge in [-0.05, 0) is 49.4 Å². The van der Waals surface area contributed by atoms with E-state index in [9.17, 15) is 9.59 Å². The summed E-state index contributed by atoms with van der Waals surface area (Å²) in [5.41, 5.74) is 3.24. The lowest BCUT2D eigenvalue weighted by Gasteiger charge is -2.46. The van der Waals surface area contributed by atoms with E-state index >= 15 is 0 Å². The normalized spacial score (nSPS) is 23.3. The maximum atomic E-state index is 12.6. The molecule has 0 spiro atoms. The highest BCUT2D eigenvalue weighted by Gasteiger charge is 2.47. The first-order valence-corrected chi connectivity index (χ1v) is 10.1. The van der Waals surface area contributed by atoms with Crippen molar-refractivity contribution in [2.75, 3.05) is 17.3 Å². The molecule has 1 aliphatic heterocycles. The number of aromatic nitrogens is 2. The van der Waals surface area contributed by atoms with Gasteiger partial charge < -0.3 is 15.5 Å². The van der Waals surface area contributed by atoms with E-state index in [-0.39, 0.29) is 29.8 Å². The zero-order chi connectivity index (χ0) is 20.7. The van der Waals surface area contributed by atoms with Crippen molar-refractivity contribution in [3.8, 4) is 0 Å². The number of nitrogens with one attached hydrogen (secondary N) is 2. The molecular formula is C22H27N5O2. The van der Waals surface area contributed by atoms with Crippen molar-refractivity contribution in [2.24, 2.45) is 11.8 Å². The van der Waals surface area contributed by atoms with Crippen molar-refractivity contribution >= 4 is 23.3 Å². The number of carbonyl (C=O) groups excluding carboxylic acids is 2. The van der Waals surface area contributed by atoms with E-state index in [0.717, 1.165) is 29.8 Å². The zero-order valence-corrected chi connectivity index (χ0v) is 17.3. The second-order valence-corrected chi connectivity index (χ2v) is 8.09. The molecule has 1 saturated carbocycles. The van der Waals surface area contributed by atoms with Gasteiger partial charge in [0.05, 0.1) is 24.1 Å². The Balaban J connectivity index is 1.82. The number of fused-ring (bicyclic) bond motifs is 1. The molecule has 3 unspecified atom stereocenters. The van der Waals surface area contributed by atoms with Gasteiger partial charge in [-0.25, -0.2) is 4.98 Å². The van der Waals surface area contributed by atoms with E-state index in [1.807, 2.05) is 24.0 Å². The number of aryl methyl sites for hydroxylation is 1. The molecule has 0 bridgehead atoms. The monoisotopic (exact) mass is 393 g/mol. The maximum absolute atomic E-state index is 12.6. The number of anilines is 2. The number of carbonyl (C=O) groups is 2. The third-order valence-electron chi connectivity index (χ3n) is 6.00. The Bertz CT molecular complexity index is 939. The molecule has 0 saturated heterocycles. The van der Waals surface area contributed by atoms with Crippen molar-refractivity contribution in [2.45, 2.75) is 45.7 Å². The topological polar surface area (TPSA) is 87.2 Å². The van der Waals surface area contributed by atoms with E-state index in [1.165, 1.54) is 0 Å². The van der Waals surface area contributed by atoms with E-state index in [0.29, 0.717) is 17.3 Å². The molecule has 1 aliphatic carbocycles. The van der Waals surface area contributed by atoms with Gasteiger partial charge in [0, 0.05) is 37.2 Å². The summed E-state index contributed by atoms with van der Waals surface area (Å²) in [4.78, 5) is 35.6. The molecule has 1 fully saturated rings. The third kappa shape index (κ3) is 3.57. The third-order valence-corrected chi connectivity index (χ3v) is 6.00. The van der Waals surface area contributed by atoms with Crippen LogP contribution in [0.25, 0.3) is 0 Å². The highest BCUT2D eigenvalue weighted by Crippen LogP contribution is 2.50. The van der Waals surface area contributed by atoms with E-state index in [4.69, 9.17) is 0 Å². The van der Waals surface area contributed by atoms with Crippen LogP contribution in [0.4, 0.5) is 11.5 Å². The standard InChI is InChI=1S/C22H27N5O2/c1-12-10-25-19(11-24-12)26-20-13(2)21(15-5-6-15)27(14(3)28)18-8-7-16(9-17(18)20)22(29)23-4/h7-11,13,15,20-21H,5-6H2,1-4H3,(H,23,29)(H,25,26). The van der Waals surface area contributed by atoms with Crippen LogP contribution in [0.3, 0.4) is 0 Å². The van der Waals surface area contributed by atoms with E-state index in [1.54, 1.807) is 32.4 Å². The first kappa shape index (κ1) is 19.4. The number of hydrogen-bond acceptors (Lipinski definition) is 5. The van der Waals surface area contributed by atoms with Crippen LogP contribution < -0.4 is 15.5 Å². The van der Waals surface area contributed by atoms with Crippen molar-refractivity contribution in [3.63, 3.8) is 0 Å². The van der Waals surface area contributed by atoms with Gasteiger partial charge in [0.15, 0.2) is 0 Å². The van der Waals surface area contributed by atoms with Gasteiger partial charge in [0.1, 0.15) is 5.82 Å². The number of nitrogens with zero attached hydrogens (tertiary/aromatic N) is 3. The van der Waals surface area contributed by atoms with Gasteiger partial charge in [-0.15, -0.1) is 0 Å². The van der Waals surface area contributed by atoms with Crippen LogP contribution in [-0.2, 0) is 4.79 Å². The molecule has 7 nitrogen and oxygen atoms in total. The molecule has 2 aliphatic rings. The molecule has 2 heterocycles. The number of benzene rings is 1. The summed E-state index contributed by atoms with van der Waals surface area (Å²) in [6.45, 7) is 5.70. The second kappa shape index (κ2) is 7.46. The van der Waals surface area contributed by atoms with Crippen LogP contribution in [0, 0.1) is 18.8 Å². The van der Waals surface area contributed by atoms with Crippen LogP contribution in [0.2, 0.25) is 0 Å². The number of rotatable bonds is 4. The molecule has 152 valence electrons. The minimum absolute atomic E-state index is 0.0382. The number of hydrogen-bond donors (Lipinski definition) is 2. The van der Waals surface area contributed by atoms with Gasteiger partial charge >= 0.3 is 0 Å². The average molecular weight is 393 g/mol. The van der Waals surface area contributed by atoms with Crippen molar-refractivity contribution in [1.29, 1.82) is 0 Å². The van der Waals surface area contributed by atoms with Crippen molar-refractivity contribution < 1.29 is 9.59 Å². The SMILES string of the molecule is CNC(=O)c1ccc2c(c1)C(Nc1cnc(C)cn1)C(C)C(C1CC1)N2C(C)=O. The van der Waals surface area contributed by atoms with Crippen LogP contribution >= 0.6 is 0 Å². The molecule has 3 atom stereocenters. The Morgan fingerprint density at radius 1 is 1.17 bits per heavy atom. The molecule has 1 aromatic carbocycles. The first-order valence-electron chi connectivity index (χ1n) is 10.1. The Kier molecular flexibility index (Phi) is 4.98. The fourth-order valence-corrected chi connectivity index (χ4v) is 4.48. The molecule has 2 amide bonds. The predicted octanol–water partition coefficient (Wildman–Crippen LogP) is 3.08. The summed E-state index contributed by atoms with van der Waals surface area (Å²) < 4.78 is 0. The summed E-state index contributed by atoms with van der Waals surface area (Å²) in [5.74, 6) is 1.25. The molecule has 29 heavy (non-hydrogen) atoms. The summed E-state index contributed by atoms with van der Waals surface area (Å²) in [6.07, 6.45) is 5.74. The minimum atomic E-state index is -0.145. The van der Waals surface area contributed by atoms with Crippen molar-refractivity contribution in [3.05, 3.63) is 47.4 Å². The van der Waals surface area contributed by atoms with Gasteiger partial charge in [-0.3, -0.25) is 14.6 Å². The van der Waals surface area contributed by atoms with E-state index < -0.39 is 0 Å². The summed E-state index contributed by atoms with van der Waals surface area (Å²) in [6, 6.07) is 5.63. The Morgan fingerprint density at radius 3 is 2.52 bits per heavy atom. The average Bonchev–Trinajstić information content (AvgIpc) is 3.54. The fourth-order valence-electron chi connectivity index (χ4n) is 4.48. The Labute approximate surface area is 170 Å². The lowest BCUT2D eigenvalue weighted by atomic mass is 9.79. The lowest BCUT2D eigenvalue weighted by Crippen LogP contribution is -2.51. The molecule has 0 radical (unpaired) electrons. The van der Waals surface area contributed by atoms with Crippen LogP contribution in [-0.4, -0.2) is 34.9 Å². The molecular weight excluding hydrogens is 366 g/mol. The van der Waals surface area contributed by atoms with Gasteiger partial charge in [-0.2, -0.15) is 0 Å². The Hall–Kier alpha value is -2.96. The molecule has 4 rings (SSSR count). The number of amides is 2. The fraction of sp³-hybridized carbons (Fsp3) is 0.455. The summed E-state index contributed by atoms with van der Waals surface area (Å²) in [7, 11) is 1.62. The predicted molar refractivity (Wildman–Crippen MR) is 112 cm³/mol. The molecule has 2 aromatic rings. The quantitative estimate of drug-likeness (QED) is 0.834. The molecule has 1 aromatic heterocycles. The van der Waals surface area contributed by atoms with Gasteiger partial charge in [0.25, 0.3) is 5.91 Å². The largest absolute Gasteiger partial charge is 0.362 e.